The number of nitrogens with zero attached hydrogens (tertiary/aromatic N) is 2. The Morgan fingerprint density at radius 3 is 2.83 bits per heavy atom. The zero-order valence-electron chi connectivity index (χ0n) is 13.0. The molecule has 1 amide bonds. The molecule has 0 bridgehead atoms. The third-order valence-corrected chi connectivity index (χ3v) is 3.81. The molecule has 0 radical (unpaired) electrons. The Morgan fingerprint density at radius 2 is 2.09 bits per heavy atom. The first-order valence-electron chi connectivity index (χ1n) is 7.29. The Hall–Kier alpha value is -2.86. The largest absolute Gasteiger partial charge is 0.378 e. The molecule has 3 aromatic rings. The molecule has 0 aliphatic heterocycles. The van der Waals surface area contributed by atoms with Crippen LogP contribution in [0.4, 0.5) is 5.69 Å². The molecule has 1 heterocycles. The summed E-state index contributed by atoms with van der Waals surface area (Å²) < 4.78 is 1.98. The summed E-state index contributed by atoms with van der Waals surface area (Å²) in [6, 6.07) is 13.3. The van der Waals surface area contributed by atoms with E-state index in [0.717, 1.165) is 22.5 Å². The molecule has 0 saturated heterocycles. The van der Waals surface area contributed by atoms with Gasteiger partial charge >= 0.3 is 0 Å². The Labute approximate surface area is 133 Å². The van der Waals surface area contributed by atoms with Crippen molar-refractivity contribution in [1.29, 1.82) is 0 Å². The molecule has 0 saturated carbocycles. The molecule has 23 heavy (non-hydrogen) atoms. The van der Waals surface area contributed by atoms with Crippen LogP contribution in [0.25, 0.3) is 11.0 Å². The van der Waals surface area contributed by atoms with E-state index >= 15 is 0 Å². The van der Waals surface area contributed by atoms with Crippen LogP contribution in [-0.4, -0.2) is 20.7 Å². The molecule has 0 atom stereocenters. The molecule has 0 unspecified atom stereocenters. The Balaban J connectivity index is 1.86. The van der Waals surface area contributed by atoms with Crippen LogP contribution >= 0.6 is 0 Å². The summed E-state index contributed by atoms with van der Waals surface area (Å²) in [5, 5.41) is 12.1. The first kappa shape index (κ1) is 15.1. The van der Waals surface area contributed by atoms with Crippen molar-refractivity contribution in [3.8, 4) is 0 Å². The number of hydrogen-bond acceptors (Lipinski definition) is 4. The first-order valence-corrected chi connectivity index (χ1v) is 7.29. The van der Waals surface area contributed by atoms with Crippen LogP contribution < -0.4 is 10.8 Å². The highest BCUT2D eigenvalue weighted by Crippen LogP contribution is 2.18. The van der Waals surface area contributed by atoms with Crippen molar-refractivity contribution < 1.29 is 10.0 Å². The summed E-state index contributed by atoms with van der Waals surface area (Å²) in [4.78, 5) is 16.0. The lowest BCUT2D eigenvalue weighted by molar-refractivity contribution is 0.0706. The van der Waals surface area contributed by atoms with E-state index in [2.05, 4.69) is 16.4 Å². The molecule has 0 aliphatic carbocycles. The van der Waals surface area contributed by atoms with Crippen molar-refractivity contribution in [1.82, 2.24) is 15.0 Å². The van der Waals surface area contributed by atoms with Crippen molar-refractivity contribution in [2.24, 2.45) is 7.05 Å². The molecule has 118 valence electrons. The van der Waals surface area contributed by atoms with Crippen LogP contribution in [0.2, 0.25) is 0 Å². The highest BCUT2D eigenvalue weighted by atomic mass is 16.5. The fourth-order valence-electron chi connectivity index (χ4n) is 2.55. The fourth-order valence-corrected chi connectivity index (χ4v) is 2.55. The van der Waals surface area contributed by atoms with Gasteiger partial charge in [-0.1, -0.05) is 12.1 Å². The lowest BCUT2D eigenvalue weighted by atomic mass is 10.2. The second-order valence-electron chi connectivity index (χ2n) is 5.45. The van der Waals surface area contributed by atoms with Crippen LogP contribution in [0, 0.1) is 6.92 Å². The second-order valence-corrected chi connectivity index (χ2v) is 5.45. The van der Waals surface area contributed by atoms with E-state index in [4.69, 9.17) is 5.21 Å². The smallest absolute Gasteiger partial charge is 0.274 e. The first-order chi connectivity index (χ1) is 11.1. The monoisotopic (exact) mass is 310 g/mol. The lowest BCUT2D eigenvalue weighted by Crippen LogP contribution is -2.18. The normalized spacial score (nSPS) is 10.7. The molecule has 2 aromatic carbocycles. The topological polar surface area (TPSA) is 79.2 Å². The van der Waals surface area contributed by atoms with Crippen molar-refractivity contribution in [2.75, 3.05) is 5.32 Å². The average molecular weight is 310 g/mol. The summed E-state index contributed by atoms with van der Waals surface area (Å²) in [5.74, 6) is 0.319. The van der Waals surface area contributed by atoms with Gasteiger partial charge in [0.15, 0.2) is 0 Å². The third kappa shape index (κ3) is 3.02. The van der Waals surface area contributed by atoms with Gasteiger partial charge in [-0.2, -0.15) is 0 Å². The number of aromatic nitrogens is 2. The number of fused-ring (bicyclic) bond motifs is 1. The maximum Gasteiger partial charge on any atom is 0.274 e. The number of carbonyl (C=O) groups excluding carboxylic acids is 1. The highest BCUT2D eigenvalue weighted by molar-refractivity contribution is 5.96. The summed E-state index contributed by atoms with van der Waals surface area (Å²) in [7, 11) is 1.94. The Bertz CT molecular complexity index is 870. The molecule has 3 rings (SSSR count). The Kier molecular flexibility index (Phi) is 3.99. The molecular formula is C17H18N4O2. The minimum Gasteiger partial charge on any atom is -0.378 e. The number of amides is 1. The van der Waals surface area contributed by atoms with Gasteiger partial charge in [0, 0.05) is 18.3 Å². The van der Waals surface area contributed by atoms with E-state index in [0.29, 0.717) is 12.1 Å². The van der Waals surface area contributed by atoms with Crippen LogP contribution in [0.3, 0.4) is 0 Å². The van der Waals surface area contributed by atoms with Crippen LogP contribution in [0.5, 0.6) is 0 Å². The number of anilines is 1. The summed E-state index contributed by atoms with van der Waals surface area (Å²) in [5.41, 5.74) is 5.89. The maximum atomic E-state index is 11.5. The summed E-state index contributed by atoms with van der Waals surface area (Å²) in [6.07, 6.45) is 0. The van der Waals surface area contributed by atoms with E-state index in [1.807, 2.05) is 42.8 Å². The van der Waals surface area contributed by atoms with Gasteiger partial charge in [0.2, 0.25) is 0 Å². The zero-order valence-corrected chi connectivity index (χ0v) is 13.0. The SMILES string of the molecule is Cc1cccc(NCc2nc3cc(C(=O)NO)ccc3n2C)c1. The standard InChI is InChI=1S/C17H18N4O2/c1-11-4-3-5-13(8-11)18-10-16-19-14-9-12(17(22)20-23)6-7-15(14)21(16)2/h3-9,18,23H,10H2,1-2H3,(H,20,22). The van der Waals surface area contributed by atoms with E-state index in [-0.39, 0.29) is 0 Å². The molecule has 1 aromatic heterocycles. The van der Waals surface area contributed by atoms with E-state index in [1.165, 1.54) is 5.56 Å². The number of rotatable bonds is 4. The van der Waals surface area contributed by atoms with Crippen molar-refractivity contribution in [3.05, 3.63) is 59.4 Å². The zero-order chi connectivity index (χ0) is 16.4. The fraction of sp³-hybridized carbons (Fsp3) is 0.176. The molecule has 0 fully saturated rings. The van der Waals surface area contributed by atoms with Crippen LogP contribution in [0.1, 0.15) is 21.7 Å². The van der Waals surface area contributed by atoms with Gasteiger partial charge in [0.1, 0.15) is 5.82 Å². The molecule has 0 aliphatic rings. The van der Waals surface area contributed by atoms with Crippen molar-refractivity contribution >= 4 is 22.6 Å². The van der Waals surface area contributed by atoms with Gasteiger partial charge in [-0.15, -0.1) is 0 Å². The average Bonchev–Trinajstić information content (AvgIpc) is 2.88. The number of hydrogen-bond donors (Lipinski definition) is 3. The van der Waals surface area contributed by atoms with Gasteiger partial charge < -0.3 is 9.88 Å². The van der Waals surface area contributed by atoms with Crippen LogP contribution in [0.15, 0.2) is 42.5 Å². The molecule has 0 spiro atoms. The lowest BCUT2D eigenvalue weighted by Gasteiger charge is -2.07. The van der Waals surface area contributed by atoms with E-state index in [9.17, 15) is 4.79 Å². The second kappa shape index (κ2) is 6.10. The number of imidazole rings is 1. The van der Waals surface area contributed by atoms with Gasteiger partial charge in [0.05, 0.1) is 17.6 Å². The molecule has 3 N–H and O–H groups in total. The number of hydroxylamine groups is 1. The van der Waals surface area contributed by atoms with Gasteiger partial charge in [0.25, 0.3) is 5.91 Å². The minimum atomic E-state index is -0.544. The Morgan fingerprint density at radius 1 is 1.26 bits per heavy atom. The number of carbonyl (C=O) groups is 1. The van der Waals surface area contributed by atoms with E-state index < -0.39 is 5.91 Å². The predicted molar refractivity (Wildman–Crippen MR) is 88.5 cm³/mol. The molecular weight excluding hydrogens is 292 g/mol. The van der Waals surface area contributed by atoms with E-state index in [1.54, 1.807) is 17.6 Å². The van der Waals surface area contributed by atoms with Crippen LogP contribution in [-0.2, 0) is 13.6 Å². The van der Waals surface area contributed by atoms with Crippen molar-refractivity contribution in [2.45, 2.75) is 13.5 Å². The number of benzene rings is 2. The third-order valence-electron chi connectivity index (χ3n) is 3.81. The summed E-state index contributed by atoms with van der Waals surface area (Å²) in [6.45, 7) is 2.63. The van der Waals surface area contributed by atoms with Gasteiger partial charge in [-0.3, -0.25) is 10.0 Å². The highest BCUT2D eigenvalue weighted by Gasteiger charge is 2.11. The van der Waals surface area contributed by atoms with Gasteiger partial charge in [-0.05, 0) is 42.8 Å². The minimum absolute atomic E-state index is 0.372. The number of nitrogens with one attached hydrogen (secondary N) is 2. The maximum absolute atomic E-state index is 11.5. The molecule has 6 nitrogen and oxygen atoms in total. The van der Waals surface area contributed by atoms with Gasteiger partial charge in [-0.25, -0.2) is 10.5 Å². The number of aryl methyl sites for hydroxylation is 2. The molecule has 6 heteroatoms. The quantitative estimate of drug-likeness (QED) is 0.511. The predicted octanol–water partition coefficient (Wildman–Crippen LogP) is 2.61. The summed E-state index contributed by atoms with van der Waals surface area (Å²) >= 11 is 0. The van der Waals surface area contributed by atoms with Crippen molar-refractivity contribution in [3.63, 3.8) is 0 Å².